The largest absolute Gasteiger partial charge is 0.495 e. The van der Waals surface area contributed by atoms with E-state index in [1.807, 2.05) is 146 Å². The van der Waals surface area contributed by atoms with Crippen LogP contribution in [0.2, 0.25) is 0 Å². The molecule has 6 aromatic carbocycles. The maximum atomic E-state index is 13.9. The van der Waals surface area contributed by atoms with E-state index in [0.29, 0.717) is 56.4 Å². The molecule has 0 aliphatic carbocycles. The molecule has 0 aliphatic rings. The van der Waals surface area contributed by atoms with Gasteiger partial charge in [-0.15, -0.1) is 0 Å². The van der Waals surface area contributed by atoms with Gasteiger partial charge >= 0.3 is 0 Å². The predicted molar refractivity (Wildman–Crippen MR) is 231 cm³/mol. The maximum absolute atomic E-state index is 13.9. The number of carbonyl (C=O) groups excluding carboxylic acids is 2. The van der Waals surface area contributed by atoms with E-state index in [-0.39, 0.29) is 11.8 Å². The van der Waals surface area contributed by atoms with E-state index in [9.17, 15) is 9.59 Å². The second kappa shape index (κ2) is 15.8. The third kappa shape index (κ3) is 7.49. The Morgan fingerprint density at radius 1 is 0.482 bits per heavy atom. The molecular weight excluding hydrogens is 832 g/mol. The minimum Gasteiger partial charge on any atom is -0.495 e. The van der Waals surface area contributed by atoms with E-state index in [1.54, 1.807) is 14.2 Å². The molecule has 0 saturated carbocycles. The van der Waals surface area contributed by atoms with Gasteiger partial charge in [0.25, 0.3) is 11.8 Å². The zero-order chi connectivity index (χ0) is 38.8. The molecule has 2 amide bonds. The van der Waals surface area contributed by atoms with Crippen LogP contribution in [0.5, 0.6) is 11.5 Å². The summed E-state index contributed by atoms with van der Waals surface area (Å²) in [6, 6.07) is 45.6. The first-order chi connectivity index (χ1) is 27.3. The Labute approximate surface area is 339 Å². The Bertz CT molecular complexity index is 2630. The van der Waals surface area contributed by atoms with Crippen LogP contribution in [0.15, 0.2) is 155 Å². The summed E-state index contributed by atoms with van der Waals surface area (Å²) in [6.07, 6.45) is 0. The van der Waals surface area contributed by atoms with Crippen LogP contribution in [-0.2, 0) is 0 Å². The van der Waals surface area contributed by atoms with Crippen molar-refractivity contribution in [2.75, 3.05) is 24.9 Å². The Morgan fingerprint density at radius 2 is 0.911 bits per heavy atom. The smallest absolute Gasteiger partial charge is 0.256 e. The van der Waals surface area contributed by atoms with Gasteiger partial charge in [-0.25, -0.2) is 9.97 Å². The molecule has 274 valence electrons. The van der Waals surface area contributed by atoms with Crippen molar-refractivity contribution in [1.82, 2.24) is 9.97 Å². The minimum atomic E-state index is -0.293. The lowest BCUT2D eigenvalue weighted by molar-refractivity contribution is 0.102. The number of methoxy groups -OCH3 is 2. The molecule has 8 nitrogen and oxygen atoms in total. The van der Waals surface area contributed by atoms with Crippen molar-refractivity contribution in [1.29, 1.82) is 0 Å². The number of amides is 2. The standard InChI is InChI=1S/C46H32Br2N4O4/c1-55-43-23-27(17-19-39(43)51-45(53)35-25-41(29-9-7-11-31(47)21-29)49-37-15-5-3-13-33(35)37)28-18-20-40(44(24-28)56-2)52-46(54)36-26-42(30-10-8-12-32(48)22-30)50-38-16-6-4-14-34(36)38/h3-26H,1-2H3,(H,51,53)(H,52,54). The van der Waals surface area contributed by atoms with Gasteiger partial charge in [-0.1, -0.05) is 105 Å². The first-order valence-corrected chi connectivity index (χ1v) is 19.2. The van der Waals surface area contributed by atoms with Crippen LogP contribution in [0.4, 0.5) is 11.4 Å². The van der Waals surface area contributed by atoms with Gasteiger partial charge in [-0.05, 0) is 83.9 Å². The quantitative estimate of drug-likeness (QED) is 0.150. The topological polar surface area (TPSA) is 102 Å². The molecule has 10 heteroatoms. The van der Waals surface area contributed by atoms with E-state index in [4.69, 9.17) is 19.4 Å². The molecule has 0 bridgehead atoms. The number of nitrogens with one attached hydrogen (secondary N) is 2. The van der Waals surface area contributed by atoms with Crippen molar-refractivity contribution in [3.8, 4) is 45.1 Å². The van der Waals surface area contributed by atoms with Gasteiger partial charge in [0.15, 0.2) is 0 Å². The summed E-state index contributed by atoms with van der Waals surface area (Å²) in [5.74, 6) is 0.365. The summed E-state index contributed by atoms with van der Waals surface area (Å²) in [5, 5.41) is 7.59. The Morgan fingerprint density at radius 3 is 1.32 bits per heavy atom. The number of pyridine rings is 2. The van der Waals surface area contributed by atoms with Gasteiger partial charge in [0.2, 0.25) is 0 Å². The third-order valence-electron chi connectivity index (χ3n) is 9.40. The summed E-state index contributed by atoms with van der Waals surface area (Å²) >= 11 is 7.08. The molecule has 8 aromatic rings. The monoisotopic (exact) mass is 862 g/mol. The van der Waals surface area contributed by atoms with E-state index in [1.165, 1.54) is 0 Å². The lowest BCUT2D eigenvalue weighted by atomic mass is 10.0. The number of rotatable bonds is 9. The Balaban J connectivity index is 1.06. The van der Waals surface area contributed by atoms with Crippen molar-refractivity contribution in [3.05, 3.63) is 166 Å². The molecule has 8 rings (SSSR count). The average molecular weight is 865 g/mol. The van der Waals surface area contributed by atoms with Crippen LogP contribution in [-0.4, -0.2) is 36.0 Å². The van der Waals surface area contributed by atoms with E-state index < -0.39 is 0 Å². The summed E-state index contributed by atoms with van der Waals surface area (Å²) in [6.45, 7) is 0. The van der Waals surface area contributed by atoms with Crippen LogP contribution in [0.25, 0.3) is 55.4 Å². The van der Waals surface area contributed by atoms with Crippen molar-refractivity contribution in [2.45, 2.75) is 0 Å². The molecule has 0 spiro atoms. The molecule has 0 atom stereocenters. The number of carbonyl (C=O) groups is 2. The van der Waals surface area contributed by atoms with Crippen molar-refractivity contribution < 1.29 is 19.1 Å². The zero-order valence-electron chi connectivity index (χ0n) is 30.1. The number of benzene rings is 6. The first-order valence-electron chi connectivity index (χ1n) is 17.6. The van der Waals surface area contributed by atoms with Crippen molar-refractivity contribution in [3.63, 3.8) is 0 Å². The number of nitrogens with zero attached hydrogens (tertiary/aromatic N) is 2. The zero-order valence-corrected chi connectivity index (χ0v) is 33.3. The minimum absolute atomic E-state index is 0.293. The fourth-order valence-corrected chi connectivity index (χ4v) is 7.44. The summed E-state index contributed by atoms with van der Waals surface area (Å²) in [7, 11) is 3.12. The summed E-state index contributed by atoms with van der Waals surface area (Å²) in [5.41, 5.74) is 8.21. The van der Waals surface area contributed by atoms with Gasteiger partial charge in [0, 0.05) is 30.8 Å². The fourth-order valence-electron chi connectivity index (χ4n) is 6.65. The van der Waals surface area contributed by atoms with Crippen LogP contribution in [0, 0.1) is 0 Å². The third-order valence-corrected chi connectivity index (χ3v) is 10.4. The molecule has 2 N–H and O–H groups in total. The molecular formula is C46H32Br2N4O4. The molecule has 0 saturated heterocycles. The number of hydrogen-bond acceptors (Lipinski definition) is 6. The number of ether oxygens (including phenoxy) is 2. The lowest BCUT2D eigenvalue weighted by Crippen LogP contribution is -2.14. The van der Waals surface area contributed by atoms with E-state index in [2.05, 4.69) is 42.5 Å². The van der Waals surface area contributed by atoms with Gasteiger partial charge in [-0.2, -0.15) is 0 Å². The SMILES string of the molecule is COc1cc(-c2ccc(NC(=O)c3cc(-c4cccc(Br)c4)nc4ccccc34)c(OC)c2)ccc1NC(=O)c1cc(-c2cccc(Br)c2)nc2ccccc12. The highest BCUT2D eigenvalue weighted by Crippen LogP contribution is 2.37. The molecule has 56 heavy (non-hydrogen) atoms. The molecule has 2 aromatic heterocycles. The van der Waals surface area contributed by atoms with Crippen molar-refractivity contribution in [2.24, 2.45) is 0 Å². The molecule has 0 aliphatic heterocycles. The molecule has 0 fully saturated rings. The average Bonchev–Trinajstić information content (AvgIpc) is 3.23. The number of anilines is 2. The van der Waals surface area contributed by atoms with E-state index >= 15 is 0 Å². The molecule has 0 radical (unpaired) electrons. The lowest BCUT2D eigenvalue weighted by Gasteiger charge is -2.16. The molecule has 0 unspecified atom stereocenters. The van der Waals surface area contributed by atoms with E-state index in [0.717, 1.165) is 42.0 Å². The maximum Gasteiger partial charge on any atom is 0.256 e. The van der Waals surface area contributed by atoms with Gasteiger partial charge in [0.05, 0.1) is 59.1 Å². The van der Waals surface area contributed by atoms with Crippen LogP contribution in [0.1, 0.15) is 20.7 Å². The number of hydrogen-bond donors (Lipinski definition) is 2. The second-order valence-corrected chi connectivity index (χ2v) is 14.7. The van der Waals surface area contributed by atoms with Crippen LogP contribution >= 0.6 is 31.9 Å². The number of halogens is 2. The normalized spacial score (nSPS) is 11.0. The Hall–Kier alpha value is -6.36. The molecule has 2 heterocycles. The highest BCUT2D eigenvalue weighted by Gasteiger charge is 2.19. The number of fused-ring (bicyclic) bond motifs is 2. The highest BCUT2D eigenvalue weighted by molar-refractivity contribution is 9.10. The van der Waals surface area contributed by atoms with Gasteiger partial charge < -0.3 is 20.1 Å². The number of para-hydroxylation sites is 2. The van der Waals surface area contributed by atoms with Gasteiger partial charge in [-0.3, -0.25) is 9.59 Å². The highest BCUT2D eigenvalue weighted by atomic mass is 79.9. The first kappa shape index (κ1) is 36.6. The van der Waals surface area contributed by atoms with Gasteiger partial charge in [0.1, 0.15) is 11.5 Å². The number of aromatic nitrogens is 2. The fraction of sp³-hybridized carbons (Fsp3) is 0.0435. The summed E-state index contributed by atoms with van der Waals surface area (Å²) in [4.78, 5) is 37.5. The summed E-state index contributed by atoms with van der Waals surface area (Å²) < 4.78 is 13.4. The van der Waals surface area contributed by atoms with Crippen LogP contribution in [0.3, 0.4) is 0 Å². The van der Waals surface area contributed by atoms with Crippen molar-refractivity contribution >= 4 is 76.9 Å². The predicted octanol–water partition coefficient (Wildman–Crippen LogP) is 11.8. The second-order valence-electron chi connectivity index (χ2n) is 12.9. The Kier molecular flexibility index (Phi) is 10.3. The van der Waals surface area contributed by atoms with Crippen LogP contribution < -0.4 is 20.1 Å².